The first-order chi connectivity index (χ1) is 10.1. The van der Waals surface area contributed by atoms with E-state index in [2.05, 4.69) is 29.1 Å². The molecule has 1 N–H and O–H groups in total. The van der Waals surface area contributed by atoms with E-state index in [-0.39, 0.29) is 12.3 Å². The third kappa shape index (κ3) is 4.02. The summed E-state index contributed by atoms with van der Waals surface area (Å²) in [5, 5.41) is 2.68. The molecule has 2 aromatic rings. The highest BCUT2D eigenvalue weighted by molar-refractivity contribution is 5.90. The number of hydrogen-bond acceptors (Lipinski definition) is 4. The molecule has 0 fully saturated rings. The molecule has 0 saturated heterocycles. The number of hydrogen-bond donors (Lipinski definition) is 1. The number of rotatable bonds is 5. The fraction of sp³-hybridized carbons (Fsp3) is 0.312. The molecule has 1 amide bonds. The van der Waals surface area contributed by atoms with Crippen molar-refractivity contribution in [3.63, 3.8) is 0 Å². The maximum atomic E-state index is 12.0. The lowest BCUT2D eigenvalue weighted by Crippen LogP contribution is -2.16. The van der Waals surface area contributed by atoms with Crippen LogP contribution in [-0.4, -0.2) is 23.0 Å². The number of carbonyl (C=O) groups excluding carboxylic acids is 1. The van der Waals surface area contributed by atoms with E-state index < -0.39 is 0 Å². The summed E-state index contributed by atoms with van der Waals surface area (Å²) in [7, 11) is 1.65. The highest BCUT2D eigenvalue weighted by Gasteiger charge is 2.11. The molecule has 1 aromatic heterocycles. The third-order valence-corrected chi connectivity index (χ3v) is 3.10. The zero-order valence-corrected chi connectivity index (χ0v) is 12.5. The number of aromatic nitrogens is 2. The molecule has 5 heteroatoms. The van der Waals surface area contributed by atoms with Crippen molar-refractivity contribution < 1.29 is 9.53 Å². The second-order valence-electron chi connectivity index (χ2n) is 5.03. The van der Waals surface area contributed by atoms with Crippen LogP contribution in [-0.2, 0) is 11.2 Å². The van der Waals surface area contributed by atoms with E-state index in [9.17, 15) is 4.79 Å². The molecule has 0 atom stereocenters. The Labute approximate surface area is 124 Å². The van der Waals surface area contributed by atoms with Crippen LogP contribution >= 0.6 is 0 Å². The molecule has 0 aliphatic rings. The van der Waals surface area contributed by atoms with Crippen molar-refractivity contribution in [2.24, 2.45) is 0 Å². The highest BCUT2D eigenvalue weighted by atomic mass is 16.5. The predicted molar refractivity (Wildman–Crippen MR) is 81.4 cm³/mol. The van der Waals surface area contributed by atoms with E-state index >= 15 is 0 Å². The first kappa shape index (κ1) is 15.0. The standard InChI is InChI=1S/C16H19N3O2/c1-11(2)13-9-12(5-6-14(13)21-3)10-15(20)19-16-17-7-4-8-18-16/h4-9,11H,10H2,1-3H3,(H,17,18,19,20). The summed E-state index contributed by atoms with van der Waals surface area (Å²) in [6, 6.07) is 7.51. The van der Waals surface area contributed by atoms with Crippen LogP contribution in [0.3, 0.4) is 0 Å². The van der Waals surface area contributed by atoms with Gasteiger partial charge < -0.3 is 4.74 Å². The molecular weight excluding hydrogens is 266 g/mol. The first-order valence-corrected chi connectivity index (χ1v) is 6.84. The normalized spacial score (nSPS) is 10.5. The number of ether oxygens (including phenoxy) is 1. The van der Waals surface area contributed by atoms with E-state index in [1.807, 2.05) is 18.2 Å². The Balaban J connectivity index is 2.09. The van der Waals surface area contributed by atoms with E-state index in [1.54, 1.807) is 25.6 Å². The molecule has 0 spiro atoms. The van der Waals surface area contributed by atoms with Crippen molar-refractivity contribution in [3.05, 3.63) is 47.8 Å². The summed E-state index contributed by atoms with van der Waals surface area (Å²) in [5.74, 6) is 1.36. The van der Waals surface area contributed by atoms with Gasteiger partial charge >= 0.3 is 0 Å². The maximum absolute atomic E-state index is 12.0. The molecule has 5 nitrogen and oxygen atoms in total. The number of nitrogens with zero attached hydrogens (tertiary/aromatic N) is 2. The SMILES string of the molecule is COc1ccc(CC(=O)Nc2ncccn2)cc1C(C)C. The van der Waals surface area contributed by atoms with Gasteiger partial charge in [0.25, 0.3) is 0 Å². The molecule has 0 radical (unpaired) electrons. The molecule has 21 heavy (non-hydrogen) atoms. The zero-order chi connectivity index (χ0) is 15.2. The lowest BCUT2D eigenvalue weighted by molar-refractivity contribution is -0.115. The van der Waals surface area contributed by atoms with Gasteiger partial charge in [-0.1, -0.05) is 26.0 Å². The fourth-order valence-electron chi connectivity index (χ4n) is 2.06. The van der Waals surface area contributed by atoms with Crippen LogP contribution in [0.2, 0.25) is 0 Å². The van der Waals surface area contributed by atoms with Gasteiger partial charge in [-0.3, -0.25) is 10.1 Å². The molecule has 1 heterocycles. The predicted octanol–water partition coefficient (Wildman–Crippen LogP) is 2.79. The topological polar surface area (TPSA) is 64.1 Å². The first-order valence-electron chi connectivity index (χ1n) is 6.84. The van der Waals surface area contributed by atoms with Gasteiger partial charge in [-0.25, -0.2) is 9.97 Å². The average Bonchev–Trinajstić information content (AvgIpc) is 2.48. The Morgan fingerprint density at radius 3 is 2.62 bits per heavy atom. The van der Waals surface area contributed by atoms with Gasteiger partial charge in [0.15, 0.2) is 0 Å². The Hall–Kier alpha value is -2.43. The molecule has 0 aliphatic heterocycles. The van der Waals surface area contributed by atoms with Crippen molar-refractivity contribution in [1.29, 1.82) is 0 Å². The summed E-state index contributed by atoms with van der Waals surface area (Å²) in [5.41, 5.74) is 2.03. The summed E-state index contributed by atoms with van der Waals surface area (Å²) in [4.78, 5) is 19.9. The molecule has 110 valence electrons. The van der Waals surface area contributed by atoms with Crippen LogP contribution in [0.5, 0.6) is 5.75 Å². The Morgan fingerprint density at radius 1 is 1.29 bits per heavy atom. The molecule has 0 unspecified atom stereocenters. The summed E-state index contributed by atoms with van der Waals surface area (Å²) < 4.78 is 5.34. The maximum Gasteiger partial charge on any atom is 0.231 e. The Bertz CT molecular complexity index is 612. The van der Waals surface area contributed by atoms with Crippen LogP contribution in [0.4, 0.5) is 5.95 Å². The van der Waals surface area contributed by atoms with Crippen molar-refractivity contribution in [3.8, 4) is 5.75 Å². The number of methoxy groups -OCH3 is 1. The molecule has 2 rings (SSSR count). The van der Waals surface area contributed by atoms with Gasteiger partial charge in [0.05, 0.1) is 13.5 Å². The minimum absolute atomic E-state index is 0.138. The quantitative estimate of drug-likeness (QED) is 0.917. The monoisotopic (exact) mass is 285 g/mol. The van der Waals surface area contributed by atoms with Gasteiger partial charge in [-0.2, -0.15) is 0 Å². The molecule has 1 aromatic carbocycles. The van der Waals surface area contributed by atoms with Gasteiger partial charge in [0.1, 0.15) is 5.75 Å². The van der Waals surface area contributed by atoms with Gasteiger partial charge in [0, 0.05) is 12.4 Å². The minimum Gasteiger partial charge on any atom is -0.496 e. The van der Waals surface area contributed by atoms with Gasteiger partial charge in [-0.05, 0) is 29.2 Å². The fourth-order valence-corrected chi connectivity index (χ4v) is 2.06. The van der Waals surface area contributed by atoms with Crippen molar-refractivity contribution in [2.45, 2.75) is 26.2 Å². The van der Waals surface area contributed by atoms with Gasteiger partial charge in [0.2, 0.25) is 11.9 Å². The van der Waals surface area contributed by atoms with Crippen molar-refractivity contribution >= 4 is 11.9 Å². The average molecular weight is 285 g/mol. The largest absolute Gasteiger partial charge is 0.496 e. The van der Waals surface area contributed by atoms with E-state index in [0.29, 0.717) is 11.9 Å². The number of nitrogens with one attached hydrogen (secondary N) is 1. The Morgan fingerprint density at radius 2 is 2.00 bits per heavy atom. The van der Waals surface area contributed by atoms with Gasteiger partial charge in [-0.15, -0.1) is 0 Å². The minimum atomic E-state index is -0.138. The molecule has 0 aliphatic carbocycles. The van der Waals surface area contributed by atoms with Crippen molar-refractivity contribution in [1.82, 2.24) is 9.97 Å². The van der Waals surface area contributed by atoms with E-state index in [0.717, 1.165) is 16.9 Å². The zero-order valence-electron chi connectivity index (χ0n) is 12.5. The lowest BCUT2D eigenvalue weighted by atomic mass is 9.98. The van der Waals surface area contributed by atoms with Crippen LogP contribution < -0.4 is 10.1 Å². The number of carbonyl (C=O) groups is 1. The summed E-state index contributed by atoms with van der Waals surface area (Å²) in [6.07, 6.45) is 3.46. The molecule has 0 bridgehead atoms. The highest BCUT2D eigenvalue weighted by Crippen LogP contribution is 2.27. The number of amides is 1. The van der Waals surface area contributed by atoms with Crippen LogP contribution in [0.15, 0.2) is 36.7 Å². The molecular formula is C16H19N3O2. The summed E-state index contributed by atoms with van der Waals surface area (Å²) >= 11 is 0. The van der Waals surface area contributed by atoms with Crippen LogP contribution in [0.25, 0.3) is 0 Å². The second-order valence-corrected chi connectivity index (χ2v) is 5.03. The summed E-state index contributed by atoms with van der Waals surface area (Å²) in [6.45, 7) is 4.19. The molecule has 0 saturated carbocycles. The second kappa shape index (κ2) is 6.83. The van der Waals surface area contributed by atoms with E-state index in [4.69, 9.17) is 4.74 Å². The van der Waals surface area contributed by atoms with Crippen LogP contribution in [0.1, 0.15) is 30.9 Å². The third-order valence-electron chi connectivity index (χ3n) is 3.10. The number of benzene rings is 1. The smallest absolute Gasteiger partial charge is 0.231 e. The van der Waals surface area contributed by atoms with Crippen molar-refractivity contribution in [2.75, 3.05) is 12.4 Å². The lowest BCUT2D eigenvalue weighted by Gasteiger charge is -2.13. The Kier molecular flexibility index (Phi) is 4.87. The van der Waals surface area contributed by atoms with Crippen LogP contribution in [0, 0.1) is 0 Å². The van der Waals surface area contributed by atoms with E-state index in [1.165, 1.54) is 0 Å². The number of anilines is 1.